The molecule has 10 heteroatoms. The molecule has 0 bridgehead atoms. The average molecular weight is 419 g/mol. The van der Waals surface area contributed by atoms with Crippen molar-refractivity contribution >= 4 is 39.2 Å². The van der Waals surface area contributed by atoms with E-state index in [2.05, 4.69) is 4.72 Å². The van der Waals surface area contributed by atoms with Gasteiger partial charge in [0.25, 0.3) is 10.0 Å². The highest BCUT2D eigenvalue weighted by molar-refractivity contribution is 7.92. The summed E-state index contributed by atoms with van der Waals surface area (Å²) in [6.07, 6.45) is -0.850. The zero-order chi connectivity index (χ0) is 21.6. The van der Waals surface area contributed by atoms with Crippen LogP contribution in [0.25, 0.3) is 0 Å². The van der Waals surface area contributed by atoms with Crippen molar-refractivity contribution in [2.24, 2.45) is 0 Å². The number of aliphatic carboxylic acids is 1. The van der Waals surface area contributed by atoms with E-state index < -0.39 is 39.9 Å². The number of carbonyl (C=O) groups is 4. The van der Waals surface area contributed by atoms with Crippen molar-refractivity contribution in [2.45, 2.75) is 18.2 Å². The second-order valence-corrected chi connectivity index (χ2v) is 7.38. The Morgan fingerprint density at radius 1 is 1.03 bits per heavy atom. The number of nitrogens with one attached hydrogen (secondary N) is 1. The minimum absolute atomic E-state index is 0.00251. The molecule has 9 nitrogen and oxygen atoms in total. The van der Waals surface area contributed by atoms with E-state index in [1.165, 1.54) is 48.5 Å². The Hall–Kier alpha value is -3.53. The van der Waals surface area contributed by atoms with Crippen molar-refractivity contribution in [2.75, 3.05) is 11.3 Å². The lowest BCUT2D eigenvalue weighted by molar-refractivity contribution is -0.148. The number of ether oxygens (including phenoxy) is 1. The molecule has 29 heavy (non-hydrogen) atoms. The molecule has 0 spiro atoms. The van der Waals surface area contributed by atoms with Gasteiger partial charge in [0.15, 0.2) is 5.78 Å². The third-order valence-electron chi connectivity index (χ3n) is 3.67. The van der Waals surface area contributed by atoms with E-state index in [-0.39, 0.29) is 28.3 Å². The Morgan fingerprint density at radius 3 is 2.38 bits per heavy atom. The Bertz CT molecular complexity index is 1080. The molecule has 0 saturated heterocycles. The minimum atomic E-state index is -4.21. The molecule has 2 N–H and O–H groups in total. The molecule has 0 saturated carbocycles. The highest BCUT2D eigenvalue weighted by Crippen LogP contribution is 2.21. The highest BCUT2D eigenvalue weighted by atomic mass is 32.2. The number of ketones is 2. The number of hydrogen-bond acceptors (Lipinski definition) is 7. The Morgan fingerprint density at radius 2 is 1.72 bits per heavy atom. The summed E-state index contributed by atoms with van der Waals surface area (Å²) in [4.78, 5) is 45.5. The zero-order valence-electron chi connectivity index (χ0n) is 15.2. The zero-order valence-corrected chi connectivity index (χ0v) is 16.1. The first-order chi connectivity index (χ1) is 13.7. The van der Waals surface area contributed by atoms with Crippen LogP contribution in [-0.2, 0) is 24.3 Å². The van der Waals surface area contributed by atoms with Crippen LogP contribution in [0.15, 0.2) is 53.4 Å². The Kier molecular flexibility index (Phi) is 6.84. The van der Waals surface area contributed by atoms with Crippen LogP contribution in [0, 0.1) is 0 Å². The van der Waals surface area contributed by atoms with Gasteiger partial charge < -0.3 is 9.84 Å². The molecule has 0 aliphatic heterocycles. The summed E-state index contributed by atoms with van der Waals surface area (Å²) >= 11 is 0. The van der Waals surface area contributed by atoms with Crippen LogP contribution in [0.1, 0.15) is 34.1 Å². The maximum absolute atomic E-state index is 12.7. The number of Topliss-reactive ketones (excluding diaryl/α,β-unsaturated/α-hetero) is 2. The SMILES string of the molecule is CCOC(=O)c1ccccc1S(=O)(=O)Nc1cccc(C(=O)CC(=O)C(=O)O)c1. The molecular formula is C19H17NO8S. The van der Waals surface area contributed by atoms with Crippen LogP contribution in [0.3, 0.4) is 0 Å². The summed E-state index contributed by atoms with van der Waals surface area (Å²) in [5, 5.41) is 8.59. The lowest BCUT2D eigenvalue weighted by Gasteiger charge is -2.12. The van der Waals surface area contributed by atoms with Crippen molar-refractivity contribution in [3.8, 4) is 0 Å². The van der Waals surface area contributed by atoms with E-state index in [4.69, 9.17) is 9.84 Å². The molecule has 0 aliphatic rings. The van der Waals surface area contributed by atoms with Gasteiger partial charge in [0, 0.05) is 11.3 Å². The second-order valence-electron chi connectivity index (χ2n) is 5.73. The predicted octanol–water partition coefficient (Wildman–Crippen LogP) is 1.89. The minimum Gasteiger partial charge on any atom is -0.475 e. The predicted molar refractivity (Wildman–Crippen MR) is 101 cm³/mol. The first-order valence-corrected chi connectivity index (χ1v) is 9.82. The number of carboxylic acid groups (broad SMARTS) is 1. The van der Waals surface area contributed by atoms with Crippen LogP contribution in [-0.4, -0.2) is 43.6 Å². The maximum Gasteiger partial charge on any atom is 0.372 e. The number of benzene rings is 2. The third kappa shape index (κ3) is 5.48. The van der Waals surface area contributed by atoms with Crippen molar-refractivity contribution in [3.63, 3.8) is 0 Å². The smallest absolute Gasteiger partial charge is 0.372 e. The van der Waals surface area contributed by atoms with Crippen LogP contribution in [0.4, 0.5) is 5.69 Å². The molecule has 2 aromatic rings. The monoisotopic (exact) mass is 419 g/mol. The van der Waals surface area contributed by atoms with E-state index >= 15 is 0 Å². The maximum atomic E-state index is 12.7. The fraction of sp³-hybridized carbons (Fsp3) is 0.158. The van der Waals surface area contributed by atoms with E-state index in [0.29, 0.717) is 0 Å². The van der Waals surface area contributed by atoms with Gasteiger partial charge in [0.2, 0.25) is 5.78 Å². The molecule has 2 rings (SSSR count). The van der Waals surface area contributed by atoms with Gasteiger partial charge in [0.05, 0.1) is 18.6 Å². The number of carboxylic acids is 1. The largest absolute Gasteiger partial charge is 0.475 e. The van der Waals surface area contributed by atoms with Crippen LogP contribution < -0.4 is 4.72 Å². The molecule has 152 valence electrons. The van der Waals surface area contributed by atoms with Gasteiger partial charge in [-0.3, -0.25) is 14.3 Å². The van der Waals surface area contributed by atoms with Gasteiger partial charge in [0.1, 0.15) is 4.90 Å². The van der Waals surface area contributed by atoms with Crippen LogP contribution in [0.2, 0.25) is 0 Å². The van der Waals surface area contributed by atoms with Crippen molar-refractivity contribution in [1.29, 1.82) is 0 Å². The van der Waals surface area contributed by atoms with Crippen molar-refractivity contribution in [3.05, 3.63) is 59.7 Å². The molecule has 0 atom stereocenters. The normalized spacial score (nSPS) is 10.8. The van der Waals surface area contributed by atoms with Gasteiger partial charge >= 0.3 is 11.9 Å². The first-order valence-electron chi connectivity index (χ1n) is 8.34. The molecule has 0 fully saturated rings. The molecule has 0 aliphatic carbocycles. The topological polar surface area (TPSA) is 144 Å². The molecular weight excluding hydrogens is 402 g/mol. The van der Waals surface area contributed by atoms with Gasteiger partial charge in [-0.25, -0.2) is 18.0 Å². The third-order valence-corrected chi connectivity index (χ3v) is 5.11. The Labute approximate surface area is 166 Å². The lowest BCUT2D eigenvalue weighted by Crippen LogP contribution is -2.19. The van der Waals surface area contributed by atoms with Gasteiger partial charge in [-0.15, -0.1) is 0 Å². The number of sulfonamides is 1. The summed E-state index contributed by atoms with van der Waals surface area (Å²) in [5.41, 5.74) is -0.197. The van der Waals surface area contributed by atoms with Crippen molar-refractivity contribution < 1.29 is 37.4 Å². The number of rotatable bonds is 9. The summed E-state index contributed by atoms with van der Waals surface area (Å²) in [5.74, 6) is -4.58. The van der Waals surface area contributed by atoms with Crippen molar-refractivity contribution in [1.82, 2.24) is 0 Å². The van der Waals surface area contributed by atoms with E-state index in [1.807, 2.05) is 0 Å². The molecule has 0 unspecified atom stereocenters. The quantitative estimate of drug-likeness (QED) is 0.271. The van der Waals surface area contributed by atoms with Gasteiger partial charge in [-0.1, -0.05) is 24.3 Å². The summed E-state index contributed by atoms with van der Waals surface area (Å²) in [6.45, 7) is 1.66. The molecule has 0 radical (unpaired) electrons. The molecule has 0 amide bonds. The van der Waals surface area contributed by atoms with E-state index in [0.717, 1.165) is 0 Å². The van der Waals surface area contributed by atoms with Crippen LogP contribution in [0.5, 0.6) is 0 Å². The van der Waals surface area contributed by atoms with E-state index in [1.54, 1.807) is 6.92 Å². The van der Waals surface area contributed by atoms with E-state index in [9.17, 15) is 27.6 Å². The average Bonchev–Trinajstić information content (AvgIpc) is 2.68. The second kappa shape index (κ2) is 9.11. The number of hydrogen-bond donors (Lipinski definition) is 2. The highest BCUT2D eigenvalue weighted by Gasteiger charge is 2.24. The Balaban J connectivity index is 2.31. The van der Waals surface area contributed by atoms with Gasteiger partial charge in [-0.05, 0) is 31.2 Å². The summed E-state index contributed by atoms with van der Waals surface area (Å²) < 4.78 is 32.6. The summed E-state index contributed by atoms with van der Waals surface area (Å²) in [6, 6.07) is 10.7. The van der Waals surface area contributed by atoms with Crippen LogP contribution >= 0.6 is 0 Å². The number of carbonyl (C=O) groups excluding carboxylic acids is 3. The fourth-order valence-electron chi connectivity index (χ4n) is 2.37. The number of esters is 1. The molecule has 2 aromatic carbocycles. The lowest BCUT2D eigenvalue weighted by atomic mass is 10.1. The summed E-state index contributed by atoms with van der Waals surface area (Å²) in [7, 11) is -4.21. The van der Waals surface area contributed by atoms with Gasteiger partial charge in [-0.2, -0.15) is 0 Å². The fourth-order valence-corrected chi connectivity index (χ4v) is 3.61. The number of anilines is 1. The standard InChI is InChI=1S/C19H17NO8S/c1-2-28-19(25)14-8-3-4-9-17(14)29(26,27)20-13-7-5-6-12(10-13)15(21)11-16(22)18(23)24/h3-10,20H,2,11H2,1H3,(H,23,24). The molecule has 0 heterocycles. The molecule has 0 aromatic heterocycles. The first kappa shape index (κ1) is 21.8.